The first kappa shape index (κ1) is 15.5. The Morgan fingerprint density at radius 1 is 1.17 bits per heavy atom. The Hall–Kier alpha value is -2.36. The number of ether oxygens (including phenoxy) is 1. The predicted molar refractivity (Wildman–Crippen MR) is 90.7 cm³/mol. The maximum absolute atomic E-state index is 12.9. The molecule has 4 nitrogen and oxygen atoms in total. The van der Waals surface area contributed by atoms with Gasteiger partial charge in [0.05, 0.1) is 18.4 Å². The molecule has 0 N–H and O–H groups in total. The van der Waals surface area contributed by atoms with E-state index in [9.17, 15) is 4.79 Å². The molecule has 0 unspecified atom stereocenters. The largest absolute Gasteiger partial charge is 0.496 e. The lowest BCUT2D eigenvalue weighted by Crippen LogP contribution is -2.35. The van der Waals surface area contributed by atoms with E-state index in [4.69, 9.17) is 4.74 Å². The van der Waals surface area contributed by atoms with Gasteiger partial charge in [-0.1, -0.05) is 0 Å². The zero-order valence-corrected chi connectivity index (χ0v) is 13.7. The number of nitrogens with zero attached hydrogens (tertiary/aromatic N) is 2. The van der Waals surface area contributed by atoms with Crippen molar-refractivity contribution in [2.24, 2.45) is 0 Å². The van der Waals surface area contributed by atoms with Crippen LogP contribution in [0.5, 0.6) is 5.75 Å². The number of likely N-dealkylation sites (tertiary alicyclic amines) is 1. The standard InChI is InChI=1S/C19H22N2O2/c1-14-13-15(8-9-17(14)23-2)18-16(7-6-10-20-18)19(22)21-11-4-3-5-12-21/h6-10,13H,3-5,11-12H2,1-2H3. The third-order valence-corrected chi connectivity index (χ3v) is 4.35. The normalized spacial score (nSPS) is 14.6. The third kappa shape index (κ3) is 3.21. The smallest absolute Gasteiger partial charge is 0.256 e. The molecule has 0 atom stereocenters. The van der Waals surface area contributed by atoms with E-state index in [-0.39, 0.29) is 5.91 Å². The zero-order valence-electron chi connectivity index (χ0n) is 13.7. The van der Waals surface area contributed by atoms with Crippen molar-refractivity contribution in [1.29, 1.82) is 0 Å². The Balaban J connectivity index is 1.97. The number of rotatable bonds is 3. The van der Waals surface area contributed by atoms with Crippen molar-refractivity contribution in [1.82, 2.24) is 9.88 Å². The number of aryl methyl sites for hydroxylation is 1. The van der Waals surface area contributed by atoms with E-state index in [0.717, 1.165) is 48.5 Å². The summed E-state index contributed by atoms with van der Waals surface area (Å²) in [5, 5.41) is 0. The van der Waals surface area contributed by atoms with Crippen molar-refractivity contribution in [3.63, 3.8) is 0 Å². The summed E-state index contributed by atoms with van der Waals surface area (Å²) in [5.74, 6) is 0.926. The first-order valence-corrected chi connectivity index (χ1v) is 8.10. The van der Waals surface area contributed by atoms with Gasteiger partial charge in [-0.25, -0.2) is 0 Å². The molecule has 23 heavy (non-hydrogen) atoms. The maximum atomic E-state index is 12.9. The van der Waals surface area contributed by atoms with Crippen LogP contribution in [0.3, 0.4) is 0 Å². The van der Waals surface area contributed by atoms with Crippen LogP contribution in [0.25, 0.3) is 11.3 Å². The van der Waals surface area contributed by atoms with E-state index in [1.54, 1.807) is 13.3 Å². The lowest BCUT2D eigenvalue weighted by atomic mass is 10.0. The van der Waals surface area contributed by atoms with Crippen molar-refractivity contribution in [3.05, 3.63) is 47.7 Å². The summed E-state index contributed by atoms with van der Waals surface area (Å²) in [6.07, 6.45) is 5.12. The molecule has 0 aliphatic carbocycles. The van der Waals surface area contributed by atoms with E-state index < -0.39 is 0 Å². The Morgan fingerprint density at radius 3 is 2.65 bits per heavy atom. The zero-order chi connectivity index (χ0) is 16.2. The number of pyridine rings is 1. The lowest BCUT2D eigenvalue weighted by molar-refractivity contribution is 0.0725. The van der Waals surface area contributed by atoms with Gasteiger partial charge in [0.25, 0.3) is 5.91 Å². The second kappa shape index (κ2) is 6.82. The molecule has 2 aromatic rings. The molecule has 0 bridgehead atoms. The van der Waals surface area contributed by atoms with Gasteiger partial charge in [-0.2, -0.15) is 0 Å². The van der Waals surface area contributed by atoms with Crippen LogP contribution in [0.15, 0.2) is 36.5 Å². The summed E-state index contributed by atoms with van der Waals surface area (Å²) in [6, 6.07) is 9.61. The van der Waals surface area contributed by atoms with Gasteiger partial charge in [-0.3, -0.25) is 9.78 Å². The summed E-state index contributed by atoms with van der Waals surface area (Å²) < 4.78 is 5.31. The number of piperidine rings is 1. The SMILES string of the molecule is COc1ccc(-c2ncccc2C(=O)N2CCCCC2)cc1C. The first-order valence-electron chi connectivity index (χ1n) is 8.10. The molecule has 1 saturated heterocycles. The average Bonchev–Trinajstić information content (AvgIpc) is 2.62. The first-order chi connectivity index (χ1) is 11.2. The van der Waals surface area contributed by atoms with Crippen LogP contribution in [0.1, 0.15) is 35.2 Å². The molecule has 0 spiro atoms. The number of aromatic nitrogens is 1. The summed E-state index contributed by atoms with van der Waals surface area (Å²) in [6.45, 7) is 3.68. The van der Waals surface area contributed by atoms with E-state index in [1.807, 2.05) is 42.2 Å². The van der Waals surface area contributed by atoms with Crippen molar-refractivity contribution in [3.8, 4) is 17.0 Å². The minimum absolute atomic E-state index is 0.0845. The van der Waals surface area contributed by atoms with Crippen LogP contribution < -0.4 is 4.74 Å². The third-order valence-electron chi connectivity index (χ3n) is 4.35. The summed E-state index contributed by atoms with van der Waals surface area (Å²) in [5.41, 5.74) is 3.41. The highest BCUT2D eigenvalue weighted by atomic mass is 16.5. The minimum atomic E-state index is 0.0845. The van der Waals surface area contributed by atoms with E-state index >= 15 is 0 Å². The van der Waals surface area contributed by atoms with Crippen LogP contribution in [-0.4, -0.2) is 36.0 Å². The fourth-order valence-electron chi connectivity index (χ4n) is 3.10. The number of hydrogen-bond acceptors (Lipinski definition) is 3. The van der Waals surface area contributed by atoms with Crippen molar-refractivity contribution in [2.75, 3.05) is 20.2 Å². The van der Waals surface area contributed by atoms with E-state index in [2.05, 4.69) is 4.98 Å². The minimum Gasteiger partial charge on any atom is -0.496 e. The van der Waals surface area contributed by atoms with Crippen LogP contribution in [0.4, 0.5) is 0 Å². The molecule has 0 radical (unpaired) electrons. The molecule has 1 amide bonds. The molecule has 0 saturated carbocycles. The summed E-state index contributed by atoms with van der Waals surface area (Å²) in [7, 11) is 1.66. The van der Waals surface area contributed by atoms with Gasteiger partial charge in [0.1, 0.15) is 5.75 Å². The molecule has 1 aromatic heterocycles. The topological polar surface area (TPSA) is 42.4 Å². The van der Waals surface area contributed by atoms with Crippen LogP contribution in [0.2, 0.25) is 0 Å². The van der Waals surface area contributed by atoms with Gasteiger partial charge >= 0.3 is 0 Å². The number of methoxy groups -OCH3 is 1. The molecule has 4 heteroatoms. The van der Waals surface area contributed by atoms with Gasteiger partial charge in [0, 0.05) is 24.8 Å². The van der Waals surface area contributed by atoms with E-state index in [0.29, 0.717) is 5.56 Å². The molecule has 2 heterocycles. The van der Waals surface area contributed by atoms with Gasteiger partial charge in [-0.15, -0.1) is 0 Å². The predicted octanol–water partition coefficient (Wildman–Crippen LogP) is 3.69. The number of benzene rings is 1. The van der Waals surface area contributed by atoms with Gasteiger partial charge in [0.15, 0.2) is 0 Å². The van der Waals surface area contributed by atoms with E-state index in [1.165, 1.54) is 6.42 Å². The number of amides is 1. The fraction of sp³-hybridized carbons (Fsp3) is 0.368. The second-order valence-corrected chi connectivity index (χ2v) is 5.94. The second-order valence-electron chi connectivity index (χ2n) is 5.94. The molecule has 1 fully saturated rings. The highest BCUT2D eigenvalue weighted by Gasteiger charge is 2.22. The molecule has 1 aliphatic rings. The fourth-order valence-corrected chi connectivity index (χ4v) is 3.10. The molecular weight excluding hydrogens is 288 g/mol. The average molecular weight is 310 g/mol. The van der Waals surface area contributed by atoms with Gasteiger partial charge in [0.2, 0.25) is 0 Å². The summed E-state index contributed by atoms with van der Waals surface area (Å²) in [4.78, 5) is 19.3. The monoisotopic (exact) mass is 310 g/mol. The molecule has 3 rings (SSSR count). The van der Waals surface area contributed by atoms with Gasteiger partial charge < -0.3 is 9.64 Å². The Morgan fingerprint density at radius 2 is 1.96 bits per heavy atom. The maximum Gasteiger partial charge on any atom is 0.256 e. The quantitative estimate of drug-likeness (QED) is 0.868. The molecule has 120 valence electrons. The Bertz CT molecular complexity index is 706. The molecule has 1 aromatic carbocycles. The molecule has 1 aliphatic heterocycles. The number of carbonyl (C=O) groups excluding carboxylic acids is 1. The lowest BCUT2D eigenvalue weighted by Gasteiger charge is -2.27. The van der Waals surface area contributed by atoms with Crippen molar-refractivity contribution in [2.45, 2.75) is 26.2 Å². The van der Waals surface area contributed by atoms with Crippen LogP contribution in [0, 0.1) is 6.92 Å². The Kier molecular flexibility index (Phi) is 4.60. The van der Waals surface area contributed by atoms with Crippen molar-refractivity contribution < 1.29 is 9.53 Å². The highest BCUT2D eigenvalue weighted by molar-refractivity contribution is 6.00. The number of carbonyl (C=O) groups is 1. The van der Waals surface area contributed by atoms with Crippen LogP contribution in [-0.2, 0) is 0 Å². The highest BCUT2D eigenvalue weighted by Crippen LogP contribution is 2.28. The number of hydrogen-bond donors (Lipinski definition) is 0. The molecular formula is C19H22N2O2. The summed E-state index contributed by atoms with van der Waals surface area (Å²) >= 11 is 0. The van der Waals surface area contributed by atoms with Gasteiger partial charge in [-0.05, 0) is 62.1 Å². The van der Waals surface area contributed by atoms with Crippen LogP contribution >= 0.6 is 0 Å². The Labute approximate surface area is 137 Å². The van der Waals surface area contributed by atoms with Crippen molar-refractivity contribution >= 4 is 5.91 Å².